The number of nitro benzene ring substituents is 1. The Balaban J connectivity index is 0.000000670. The average molecular weight is 637 g/mol. The molecular weight excluding hydrogens is 600 g/mol. The molecule has 1 aromatic carbocycles. The van der Waals surface area contributed by atoms with Crippen LogP contribution in [-0.2, 0) is 35.3 Å². The molecule has 0 aliphatic carbocycles. The molecule has 0 unspecified atom stereocenters. The van der Waals surface area contributed by atoms with Crippen LogP contribution < -0.4 is 10.6 Å². The number of fused-ring (bicyclic) bond motifs is 1. The van der Waals surface area contributed by atoms with Crippen molar-refractivity contribution in [1.82, 2.24) is 15.5 Å². The van der Waals surface area contributed by atoms with Gasteiger partial charge in [-0.15, -0.1) is 11.8 Å². The number of rotatable bonds is 10. The Morgan fingerprint density at radius 3 is 2.43 bits per heavy atom. The fourth-order valence-electron chi connectivity index (χ4n) is 5.80. The number of aliphatic hydroxyl groups excluding tert-OH is 1. The first-order valence-electron chi connectivity index (χ1n) is 14.2. The van der Waals surface area contributed by atoms with Crippen LogP contribution in [0.15, 0.2) is 34.9 Å². The monoisotopic (exact) mass is 636 g/mol. The third-order valence-electron chi connectivity index (χ3n) is 8.03. The third-order valence-corrected chi connectivity index (χ3v) is 9.54. The molecule has 15 nitrogen and oxygen atoms in total. The molecule has 0 bridgehead atoms. The minimum absolute atomic E-state index is 0.0435. The molecule has 4 aliphatic rings. The van der Waals surface area contributed by atoms with Gasteiger partial charge in [0.05, 0.1) is 35.7 Å². The maximum Gasteiger partial charge on any atom is 0.414 e. The summed E-state index contributed by atoms with van der Waals surface area (Å²) in [5.74, 6) is -5.18. The van der Waals surface area contributed by atoms with Crippen LogP contribution in [0.1, 0.15) is 32.3 Å². The Morgan fingerprint density at radius 2 is 1.86 bits per heavy atom. The van der Waals surface area contributed by atoms with E-state index in [1.807, 2.05) is 6.92 Å². The number of non-ortho nitro benzene ring substituents is 1. The van der Waals surface area contributed by atoms with E-state index in [1.165, 1.54) is 17.0 Å². The predicted molar refractivity (Wildman–Crippen MR) is 155 cm³/mol. The third kappa shape index (κ3) is 7.55. The van der Waals surface area contributed by atoms with Gasteiger partial charge in [-0.3, -0.25) is 14.9 Å². The minimum atomic E-state index is -1.82. The molecule has 0 aromatic heterocycles. The number of benzene rings is 1. The summed E-state index contributed by atoms with van der Waals surface area (Å²) in [5.41, 5.74) is 0.824. The van der Waals surface area contributed by atoms with Gasteiger partial charge in [0.2, 0.25) is 5.91 Å². The van der Waals surface area contributed by atoms with E-state index in [0.29, 0.717) is 12.2 Å². The van der Waals surface area contributed by atoms with Crippen molar-refractivity contribution in [2.75, 3.05) is 26.2 Å². The van der Waals surface area contributed by atoms with Gasteiger partial charge in [-0.05, 0) is 44.0 Å². The zero-order valence-electron chi connectivity index (χ0n) is 24.2. The molecule has 5 rings (SSSR count). The molecule has 4 heterocycles. The number of amides is 1. The number of aliphatic carboxylic acids is 2. The highest BCUT2D eigenvalue weighted by atomic mass is 32.2. The SMILES string of the molecule is C[C@@H](O)[C@H]1C(=O)N2C(C(=O)OCc3ccc([N+](=O)[O-])cc3)=C(S[C@@H]3CN[C@H](CO[C@@H]4CCNC4)C3)[C@H](C)[C@H]12.O=C(O)C(=O)O. The lowest BCUT2D eigenvalue weighted by Gasteiger charge is -2.46. The van der Waals surface area contributed by atoms with E-state index in [0.717, 1.165) is 37.4 Å². The standard InChI is InChI=1S/C26H34N4O7S.C2H2O4/c1-14-22-21(15(2)31)25(32)29(22)23(26(33)37-12-16-3-5-18(6-4-16)30(34)35)24(14)38-20-9-17(28-11-20)13-36-19-7-8-27-10-19;3-1(4)2(5)6/h3-6,14-15,17,19-22,27-28,31H,7-13H2,1-2H3;(H,3,4)(H,5,6)/t14-,15-,17+,19-,20+,21-,22-;/m1./s1. The number of thioether (sulfide) groups is 1. The van der Waals surface area contributed by atoms with Gasteiger partial charge in [-0.1, -0.05) is 6.92 Å². The summed E-state index contributed by atoms with van der Waals surface area (Å²) in [6, 6.07) is 5.76. The topological polar surface area (TPSA) is 218 Å². The molecule has 4 aliphatic heterocycles. The van der Waals surface area contributed by atoms with Crippen LogP contribution in [0.25, 0.3) is 0 Å². The molecule has 240 valence electrons. The number of nitro groups is 1. The number of carboxylic acids is 2. The highest BCUT2D eigenvalue weighted by Crippen LogP contribution is 2.52. The van der Waals surface area contributed by atoms with Crippen molar-refractivity contribution in [2.45, 2.75) is 62.8 Å². The first kappa shape index (κ1) is 33.3. The van der Waals surface area contributed by atoms with Crippen molar-refractivity contribution >= 4 is 41.3 Å². The van der Waals surface area contributed by atoms with Crippen molar-refractivity contribution in [3.05, 3.63) is 50.5 Å². The van der Waals surface area contributed by atoms with E-state index in [9.17, 15) is 24.8 Å². The number of hydrogen-bond acceptors (Lipinski definition) is 12. The summed E-state index contributed by atoms with van der Waals surface area (Å²) in [6.07, 6.45) is 1.35. The number of carbonyl (C=O) groups is 4. The number of aliphatic hydroxyl groups is 1. The molecule has 3 saturated heterocycles. The van der Waals surface area contributed by atoms with Crippen molar-refractivity contribution in [3.63, 3.8) is 0 Å². The van der Waals surface area contributed by atoms with Crippen LogP contribution in [0.2, 0.25) is 0 Å². The van der Waals surface area contributed by atoms with E-state index in [2.05, 4.69) is 10.6 Å². The first-order chi connectivity index (χ1) is 20.9. The number of ether oxygens (including phenoxy) is 2. The zero-order valence-corrected chi connectivity index (χ0v) is 25.0. The number of esters is 1. The van der Waals surface area contributed by atoms with Gasteiger partial charge in [0.15, 0.2) is 0 Å². The van der Waals surface area contributed by atoms with Crippen LogP contribution in [0.4, 0.5) is 5.69 Å². The van der Waals surface area contributed by atoms with E-state index >= 15 is 0 Å². The van der Waals surface area contributed by atoms with E-state index in [-0.39, 0.29) is 53.3 Å². The Labute approximate surface area is 257 Å². The molecule has 1 amide bonds. The lowest BCUT2D eigenvalue weighted by Crippen LogP contribution is -2.63. The summed E-state index contributed by atoms with van der Waals surface area (Å²) >= 11 is 1.61. The van der Waals surface area contributed by atoms with E-state index in [4.69, 9.17) is 29.3 Å². The van der Waals surface area contributed by atoms with E-state index in [1.54, 1.807) is 30.8 Å². The van der Waals surface area contributed by atoms with Gasteiger partial charge in [0.1, 0.15) is 12.3 Å². The van der Waals surface area contributed by atoms with Crippen molar-refractivity contribution in [1.29, 1.82) is 0 Å². The first-order valence-corrected chi connectivity index (χ1v) is 15.1. The van der Waals surface area contributed by atoms with Gasteiger partial charge in [-0.25, -0.2) is 14.4 Å². The molecule has 5 N–H and O–H groups in total. The second-order valence-electron chi connectivity index (χ2n) is 11.1. The molecule has 7 atom stereocenters. The molecule has 0 spiro atoms. The highest BCUT2D eigenvalue weighted by molar-refractivity contribution is 8.03. The number of nitrogens with zero attached hydrogens (tertiary/aromatic N) is 2. The number of carbonyl (C=O) groups excluding carboxylic acids is 2. The van der Waals surface area contributed by atoms with Gasteiger partial charge in [0, 0.05) is 47.3 Å². The molecule has 44 heavy (non-hydrogen) atoms. The predicted octanol–water partition coefficient (Wildman–Crippen LogP) is 0.705. The molecule has 3 fully saturated rings. The van der Waals surface area contributed by atoms with Crippen LogP contribution in [0, 0.1) is 22.0 Å². The number of carboxylic acid groups (broad SMARTS) is 2. The van der Waals surface area contributed by atoms with Gasteiger partial charge < -0.3 is 40.3 Å². The molecule has 0 saturated carbocycles. The van der Waals surface area contributed by atoms with Crippen LogP contribution in [-0.4, -0.2) is 105 Å². The number of nitrogens with one attached hydrogen (secondary N) is 2. The Bertz CT molecular complexity index is 1290. The minimum Gasteiger partial charge on any atom is -0.473 e. The fourth-order valence-corrected chi connectivity index (χ4v) is 7.32. The largest absolute Gasteiger partial charge is 0.473 e. The van der Waals surface area contributed by atoms with Gasteiger partial charge in [0.25, 0.3) is 5.69 Å². The van der Waals surface area contributed by atoms with Gasteiger partial charge in [-0.2, -0.15) is 0 Å². The summed E-state index contributed by atoms with van der Waals surface area (Å²) in [6.45, 7) is 6.81. The Morgan fingerprint density at radius 1 is 1.18 bits per heavy atom. The lowest BCUT2D eigenvalue weighted by molar-refractivity contribution is -0.384. The van der Waals surface area contributed by atoms with E-state index < -0.39 is 34.9 Å². The number of β-lactam (4-membered cyclic amide) rings is 1. The zero-order chi connectivity index (χ0) is 32.1. The smallest absolute Gasteiger partial charge is 0.414 e. The second-order valence-corrected chi connectivity index (χ2v) is 12.4. The van der Waals surface area contributed by atoms with Crippen LogP contribution in [0.3, 0.4) is 0 Å². The second kappa shape index (κ2) is 14.5. The van der Waals surface area contributed by atoms with Crippen LogP contribution in [0.5, 0.6) is 0 Å². The summed E-state index contributed by atoms with van der Waals surface area (Å²) in [7, 11) is 0. The lowest BCUT2D eigenvalue weighted by atomic mass is 9.79. The number of hydrogen-bond donors (Lipinski definition) is 5. The molecular formula is C28H36N4O11S. The summed E-state index contributed by atoms with van der Waals surface area (Å²) in [4.78, 5) is 57.3. The van der Waals surface area contributed by atoms with Crippen molar-refractivity contribution in [3.8, 4) is 0 Å². The van der Waals surface area contributed by atoms with Crippen LogP contribution >= 0.6 is 11.8 Å². The Kier molecular flexibility index (Phi) is 11.0. The average Bonchev–Trinajstić information content (AvgIpc) is 3.71. The highest BCUT2D eigenvalue weighted by Gasteiger charge is 2.60. The van der Waals surface area contributed by atoms with Crippen molar-refractivity contribution < 1.29 is 48.9 Å². The van der Waals surface area contributed by atoms with Gasteiger partial charge >= 0.3 is 17.9 Å². The van der Waals surface area contributed by atoms with Crippen molar-refractivity contribution in [2.24, 2.45) is 11.8 Å². The summed E-state index contributed by atoms with van der Waals surface area (Å²) in [5, 5.41) is 43.0. The fraction of sp³-hybridized carbons (Fsp3) is 0.571. The maximum absolute atomic E-state index is 13.3. The quantitative estimate of drug-likeness (QED) is 0.0786. The normalized spacial score (nSPS) is 28.1. The summed E-state index contributed by atoms with van der Waals surface area (Å²) < 4.78 is 11.6. The Hall–Kier alpha value is -3.57. The molecule has 0 radical (unpaired) electrons. The molecule has 1 aromatic rings. The maximum atomic E-state index is 13.3. The molecule has 16 heteroatoms.